The van der Waals surface area contributed by atoms with Crippen molar-refractivity contribution in [2.75, 3.05) is 25.9 Å². The zero-order valence-electron chi connectivity index (χ0n) is 11.1. The number of sulfonamides is 1. The number of hydrogen-bond acceptors (Lipinski definition) is 3. The van der Waals surface area contributed by atoms with Crippen molar-refractivity contribution >= 4 is 16.1 Å². The monoisotopic (exact) mass is 277 g/mol. The van der Waals surface area contributed by atoms with Crippen molar-refractivity contribution in [3.8, 4) is 0 Å². The van der Waals surface area contributed by atoms with Crippen LogP contribution in [0.3, 0.4) is 0 Å². The van der Waals surface area contributed by atoms with Gasteiger partial charge in [0.1, 0.15) is 0 Å². The van der Waals surface area contributed by atoms with Gasteiger partial charge < -0.3 is 10.6 Å². The lowest BCUT2D eigenvalue weighted by Crippen LogP contribution is -2.49. The third-order valence-electron chi connectivity index (χ3n) is 3.07. The zero-order valence-corrected chi connectivity index (χ0v) is 11.9. The summed E-state index contributed by atoms with van der Waals surface area (Å²) in [6, 6.07) is -0.0779. The lowest BCUT2D eigenvalue weighted by Gasteiger charge is -2.30. The summed E-state index contributed by atoms with van der Waals surface area (Å²) in [5.41, 5.74) is 0. The third-order valence-corrected chi connectivity index (χ3v) is 4.38. The molecule has 0 atom stereocenters. The predicted octanol–water partition coefficient (Wildman–Crippen LogP) is 0.510. The summed E-state index contributed by atoms with van der Waals surface area (Å²) in [4.78, 5) is 11.5. The molecule has 2 N–H and O–H groups in total. The van der Waals surface area contributed by atoms with Crippen LogP contribution < -0.4 is 10.6 Å². The van der Waals surface area contributed by atoms with E-state index in [9.17, 15) is 13.2 Å². The van der Waals surface area contributed by atoms with E-state index in [1.165, 1.54) is 10.6 Å². The lowest BCUT2D eigenvalue weighted by molar-refractivity contribution is 0.227. The zero-order chi connectivity index (χ0) is 13.6. The number of unbranched alkanes of at least 4 members (excludes halogenated alkanes) is 1. The van der Waals surface area contributed by atoms with Crippen LogP contribution in [-0.4, -0.2) is 50.7 Å². The molecule has 1 saturated heterocycles. The quantitative estimate of drug-likeness (QED) is 0.719. The molecule has 0 aromatic carbocycles. The molecule has 18 heavy (non-hydrogen) atoms. The summed E-state index contributed by atoms with van der Waals surface area (Å²) in [5.74, 6) is 0. The van der Waals surface area contributed by atoms with Crippen LogP contribution in [0, 0.1) is 0 Å². The molecule has 0 unspecified atom stereocenters. The van der Waals surface area contributed by atoms with Crippen molar-refractivity contribution in [2.24, 2.45) is 0 Å². The van der Waals surface area contributed by atoms with Crippen molar-refractivity contribution in [1.82, 2.24) is 14.9 Å². The lowest BCUT2D eigenvalue weighted by atomic mass is 10.1. The van der Waals surface area contributed by atoms with Crippen LogP contribution in [0.15, 0.2) is 0 Å². The molecule has 0 aromatic heterocycles. The fourth-order valence-corrected chi connectivity index (χ4v) is 2.82. The highest BCUT2D eigenvalue weighted by Crippen LogP contribution is 2.12. The highest BCUT2D eigenvalue weighted by atomic mass is 32.2. The van der Waals surface area contributed by atoms with Crippen molar-refractivity contribution < 1.29 is 13.2 Å². The van der Waals surface area contributed by atoms with E-state index in [-0.39, 0.29) is 12.1 Å². The predicted molar refractivity (Wildman–Crippen MR) is 70.9 cm³/mol. The average Bonchev–Trinajstić information content (AvgIpc) is 2.29. The second-order valence-corrected chi connectivity index (χ2v) is 6.67. The van der Waals surface area contributed by atoms with Gasteiger partial charge in [-0.3, -0.25) is 0 Å². The number of urea groups is 1. The molecule has 6 nitrogen and oxygen atoms in total. The minimum atomic E-state index is -3.09. The molecular weight excluding hydrogens is 254 g/mol. The molecule has 0 bridgehead atoms. The van der Waals surface area contributed by atoms with E-state index >= 15 is 0 Å². The minimum Gasteiger partial charge on any atom is -0.338 e. The molecule has 1 heterocycles. The molecule has 106 valence electrons. The van der Waals surface area contributed by atoms with Crippen LogP contribution >= 0.6 is 0 Å². The summed E-state index contributed by atoms with van der Waals surface area (Å²) in [6.45, 7) is 3.72. The maximum atomic E-state index is 11.5. The first-order chi connectivity index (χ1) is 8.43. The van der Waals surface area contributed by atoms with E-state index < -0.39 is 10.0 Å². The Hall–Kier alpha value is -0.820. The van der Waals surface area contributed by atoms with Gasteiger partial charge >= 0.3 is 6.03 Å². The number of carbonyl (C=O) groups is 1. The van der Waals surface area contributed by atoms with E-state index in [0.29, 0.717) is 32.5 Å². The Balaban J connectivity index is 2.25. The molecule has 1 rings (SSSR count). The van der Waals surface area contributed by atoms with Gasteiger partial charge in [-0.2, -0.15) is 0 Å². The first kappa shape index (κ1) is 15.2. The van der Waals surface area contributed by atoms with Crippen LogP contribution in [-0.2, 0) is 10.0 Å². The maximum Gasteiger partial charge on any atom is 0.315 e. The summed E-state index contributed by atoms with van der Waals surface area (Å²) < 4.78 is 24.1. The number of amides is 2. The summed E-state index contributed by atoms with van der Waals surface area (Å²) >= 11 is 0. The molecule has 1 fully saturated rings. The van der Waals surface area contributed by atoms with Gasteiger partial charge in [-0.05, 0) is 19.3 Å². The van der Waals surface area contributed by atoms with Crippen molar-refractivity contribution in [1.29, 1.82) is 0 Å². The first-order valence-corrected chi connectivity index (χ1v) is 8.27. The maximum absolute atomic E-state index is 11.5. The van der Waals surface area contributed by atoms with Gasteiger partial charge in [-0.1, -0.05) is 13.3 Å². The Morgan fingerprint density at radius 3 is 2.44 bits per heavy atom. The van der Waals surface area contributed by atoms with Crippen molar-refractivity contribution in [2.45, 2.75) is 38.6 Å². The minimum absolute atomic E-state index is 0.0737. The Labute approximate surface area is 109 Å². The summed E-state index contributed by atoms with van der Waals surface area (Å²) in [5, 5.41) is 5.67. The smallest absolute Gasteiger partial charge is 0.315 e. The molecule has 0 aliphatic carbocycles. The molecule has 7 heteroatoms. The second-order valence-electron chi connectivity index (χ2n) is 4.69. The highest BCUT2D eigenvalue weighted by Gasteiger charge is 2.25. The molecule has 1 aliphatic rings. The number of nitrogens with zero attached hydrogens (tertiary/aromatic N) is 1. The van der Waals surface area contributed by atoms with Gasteiger partial charge in [0.2, 0.25) is 10.0 Å². The van der Waals surface area contributed by atoms with Gasteiger partial charge in [0, 0.05) is 25.7 Å². The number of carbonyl (C=O) groups excluding carboxylic acids is 1. The largest absolute Gasteiger partial charge is 0.338 e. The Bertz CT molecular complexity index is 362. The topological polar surface area (TPSA) is 78.5 Å². The van der Waals surface area contributed by atoms with Crippen LogP contribution in [0.2, 0.25) is 0 Å². The Kier molecular flexibility index (Phi) is 5.87. The molecule has 2 amide bonds. The second kappa shape index (κ2) is 6.94. The normalized spacial score (nSPS) is 18.6. The van der Waals surface area contributed by atoms with Gasteiger partial charge in [0.25, 0.3) is 0 Å². The third kappa shape index (κ3) is 5.22. The van der Waals surface area contributed by atoms with Gasteiger partial charge in [-0.25, -0.2) is 17.5 Å². The van der Waals surface area contributed by atoms with E-state index in [1.807, 2.05) is 0 Å². The number of hydrogen-bond donors (Lipinski definition) is 2. The first-order valence-electron chi connectivity index (χ1n) is 6.43. The van der Waals surface area contributed by atoms with Crippen molar-refractivity contribution in [3.63, 3.8) is 0 Å². The molecule has 0 saturated carbocycles. The van der Waals surface area contributed by atoms with E-state index in [4.69, 9.17) is 0 Å². The van der Waals surface area contributed by atoms with Gasteiger partial charge in [0.05, 0.1) is 6.26 Å². The van der Waals surface area contributed by atoms with Crippen LogP contribution in [0.25, 0.3) is 0 Å². The Morgan fingerprint density at radius 1 is 1.33 bits per heavy atom. The van der Waals surface area contributed by atoms with E-state index in [1.54, 1.807) is 0 Å². The molecule has 1 aliphatic heterocycles. The Morgan fingerprint density at radius 2 is 1.94 bits per heavy atom. The molecule has 0 radical (unpaired) electrons. The SMILES string of the molecule is CCCCNC(=O)NC1CCN(S(C)(=O)=O)CC1. The van der Waals surface area contributed by atoms with Gasteiger partial charge in [0.15, 0.2) is 0 Å². The fraction of sp³-hybridized carbons (Fsp3) is 0.909. The van der Waals surface area contributed by atoms with Crippen LogP contribution in [0.5, 0.6) is 0 Å². The van der Waals surface area contributed by atoms with Gasteiger partial charge in [-0.15, -0.1) is 0 Å². The number of rotatable bonds is 5. The standard InChI is InChI=1S/C11H23N3O3S/c1-3-4-7-12-11(15)13-10-5-8-14(9-6-10)18(2,16)17/h10H,3-9H2,1-2H3,(H2,12,13,15). The van der Waals surface area contributed by atoms with E-state index in [0.717, 1.165) is 12.8 Å². The van der Waals surface area contributed by atoms with Crippen LogP contribution in [0.4, 0.5) is 4.79 Å². The fourth-order valence-electron chi connectivity index (χ4n) is 1.95. The molecule has 0 aromatic rings. The summed E-state index contributed by atoms with van der Waals surface area (Å²) in [6.07, 6.45) is 4.59. The average molecular weight is 277 g/mol. The van der Waals surface area contributed by atoms with Crippen LogP contribution in [0.1, 0.15) is 32.6 Å². The highest BCUT2D eigenvalue weighted by molar-refractivity contribution is 7.88. The van der Waals surface area contributed by atoms with Crippen molar-refractivity contribution in [3.05, 3.63) is 0 Å². The molecule has 0 spiro atoms. The molecular formula is C11H23N3O3S. The number of nitrogens with one attached hydrogen (secondary N) is 2. The van der Waals surface area contributed by atoms with E-state index in [2.05, 4.69) is 17.6 Å². The summed E-state index contributed by atoms with van der Waals surface area (Å²) in [7, 11) is -3.09. The number of piperidine rings is 1.